The summed E-state index contributed by atoms with van der Waals surface area (Å²) in [5.41, 5.74) is 0. The summed E-state index contributed by atoms with van der Waals surface area (Å²) < 4.78 is 0. The average molecular weight is 139 g/mol. The molecule has 1 nitrogen and oxygen atoms in total. The molecule has 2 aliphatic rings. The highest BCUT2D eigenvalue weighted by atomic mass is 15.1. The molecule has 0 amide bonds. The quantitative estimate of drug-likeness (QED) is 0.494. The van der Waals surface area contributed by atoms with E-state index in [9.17, 15) is 0 Å². The fraction of sp³-hybridized carbons (Fsp3) is 1.00. The van der Waals surface area contributed by atoms with Gasteiger partial charge in [0, 0.05) is 13.1 Å². The van der Waals surface area contributed by atoms with Gasteiger partial charge in [-0.05, 0) is 31.7 Å². The highest BCUT2D eigenvalue weighted by Gasteiger charge is 2.31. The van der Waals surface area contributed by atoms with Crippen LogP contribution in [0.3, 0.4) is 0 Å². The second-order valence-electron chi connectivity index (χ2n) is 4.03. The maximum atomic E-state index is 2.50. The number of hydrogen-bond acceptors (Lipinski definition) is 1. The predicted molar refractivity (Wildman–Crippen MR) is 42.9 cm³/mol. The Hall–Kier alpha value is -0.0400. The predicted octanol–water partition coefficient (Wildman–Crippen LogP) is 1.74. The van der Waals surface area contributed by atoms with Crippen LogP contribution in [0, 0.1) is 11.8 Å². The molecule has 58 valence electrons. The first-order valence-corrected chi connectivity index (χ1v) is 4.55. The van der Waals surface area contributed by atoms with Crippen LogP contribution >= 0.6 is 0 Å². The molecule has 1 heterocycles. The lowest BCUT2D eigenvalue weighted by Gasteiger charge is -2.23. The first-order valence-electron chi connectivity index (χ1n) is 4.55. The number of nitrogens with zero attached hydrogens (tertiary/aromatic N) is 1. The topological polar surface area (TPSA) is 3.24 Å². The molecule has 2 fully saturated rings. The lowest BCUT2D eigenvalue weighted by atomic mass is 9.82. The third kappa shape index (κ3) is 1.07. The van der Waals surface area contributed by atoms with Crippen LogP contribution in [0.25, 0.3) is 0 Å². The van der Waals surface area contributed by atoms with Gasteiger partial charge in [-0.2, -0.15) is 0 Å². The summed E-state index contributed by atoms with van der Waals surface area (Å²) in [4.78, 5) is 2.50. The van der Waals surface area contributed by atoms with Crippen molar-refractivity contribution in [1.82, 2.24) is 4.90 Å². The zero-order valence-electron chi connectivity index (χ0n) is 6.84. The normalized spacial score (nSPS) is 41.7. The van der Waals surface area contributed by atoms with E-state index in [0.717, 1.165) is 11.8 Å². The van der Waals surface area contributed by atoms with E-state index in [2.05, 4.69) is 11.9 Å². The van der Waals surface area contributed by atoms with Crippen LogP contribution in [0.1, 0.15) is 25.7 Å². The Bertz CT molecular complexity index is 108. The molecule has 0 aromatic heterocycles. The van der Waals surface area contributed by atoms with E-state index in [1.54, 1.807) is 0 Å². The Morgan fingerprint density at radius 2 is 1.50 bits per heavy atom. The highest BCUT2D eigenvalue weighted by molar-refractivity contribution is 4.84. The van der Waals surface area contributed by atoms with Crippen LogP contribution in [0.5, 0.6) is 0 Å². The second kappa shape index (κ2) is 2.54. The van der Waals surface area contributed by atoms with Crippen LogP contribution in [0.15, 0.2) is 0 Å². The van der Waals surface area contributed by atoms with Gasteiger partial charge in [0.1, 0.15) is 0 Å². The fourth-order valence-corrected chi connectivity index (χ4v) is 2.64. The van der Waals surface area contributed by atoms with Crippen LogP contribution in [0.4, 0.5) is 0 Å². The second-order valence-corrected chi connectivity index (χ2v) is 4.03. The molecule has 0 radical (unpaired) electrons. The van der Waals surface area contributed by atoms with E-state index in [-0.39, 0.29) is 0 Å². The SMILES string of the molecule is CN1CC2CCCC[C@@H]2C1. The molecule has 2 rings (SSSR count). The Morgan fingerprint density at radius 1 is 1.00 bits per heavy atom. The van der Waals surface area contributed by atoms with Gasteiger partial charge in [-0.1, -0.05) is 12.8 Å². The number of fused-ring (bicyclic) bond motifs is 1. The molecule has 0 N–H and O–H groups in total. The summed E-state index contributed by atoms with van der Waals surface area (Å²) in [6.45, 7) is 2.76. The molecule has 1 aliphatic carbocycles. The van der Waals surface area contributed by atoms with Crippen molar-refractivity contribution in [1.29, 1.82) is 0 Å². The van der Waals surface area contributed by atoms with Crippen LogP contribution in [-0.4, -0.2) is 25.0 Å². The maximum Gasteiger partial charge on any atom is 0.000985 e. The van der Waals surface area contributed by atoms with Crippen molar-refractivity contribution < 1.29 is 0 Å². The van der Waals surface area contributed by atoms with E-state index in [1.807, 2.05) is 0 Å². The van der Waals surface area contributed by atoms with Gasteiger partial charge in [0.05, 0.1) is 0 Å². The van der Waals surface area contributed by atoms with E-state index < -0.39 is 0 Å². The smallest absolute Gasteiger partial charge is 0.000985 e. The van der Waals surface area contributed by atoms with Crippen LogP contribution in [-0.2, 0) is 0 Å². The molecule has 0 aromatic carbocycles. The summed E-state index contributed by atoms with van der Waals surface area (Å²) in [6.07, 6.45) is 6.01. The molecule has 0 bridgehead atoms. The van der Waals surface area contributed by atoms with E-state index in [0.29, 0.717) is 0 Å². The number of rotatable bonds is 0. The van der Waals surface area contributed by atoms with Crippen LogP contribution in [0.2, 0.25) is 0 Å². The summed E-state index contributed by atoms with van der Waals surface area (Å²) in [5, 5.41) is 0. The molecule has 10 heavy (non-hydrogen) atoms. The first-order chi connectivity index (χ1) is 4.86. The van der Waals surface area contributed by atoms with Gasteiger partial charge < -0.3 is 4.90 Å². The fourth-order valence-electron chi connectivity index (χ4n) is 2.64. The third-order valence-electron chi connectivity index (χ3n) is 3.16. The largest absolute Gasteiger partial charge is 0.306 e. The summed E-state index contributed by atoms with van der Waals surface area (Å²) in [6, 6.07) is 0. The molecule has 1 saturated carbocycles. The highest BCUT2D eigenvalue weighted by Crippen LogP contribution is 2.34. The molecular formula is C9H17N. The summed E-state index contributed by atoms with van der Waals surface area (Å²) in [5.74, 6) is 2.14. The van der Waals surface area contributed by atoms with Crippen LogP contribution < -0.4 is 0 Å². The van der Waals surface area contributed by atoms with Crippen molar-refractivity contribution in [2.24, 2.45) is 11.8 Å². The van der Waals surface area contributed by atoms with Crippen molar-refractivity contribution in [2.75, 3.05) is 20.1 Å². The molecular weight excluding hydrogens is 122 g/mol. The molecule has 1 aliphatic heterocycles. The van der Waals surface area contributed by atoms with Gasteiger partial charge in [-0.15, -0.1) is 0 Å². The van der Waals surface area contributed by atoms with Gasteiger partial charge in [0.25, 0.3) is 0 Å². The van der Waals surface area contributed by atoms with Crippen molar-refractivity contribution >= 4 is 0 Å². The number of likely N-dealkylation sites (tertiary alicyclic amines) is 1. The van der Waals surface area contributed by atoms with Gasteiger partial charge in [-0.25, -0.2) is 0 Å². The van der Waals surface area contributed by atoms with E-state index in [4.69, 9.17) is 0 Å². The van der Waals surface area contributed by atoms with Crippen molar-refractivity contribution in [3.05, 3.63) is 0 Å². The van der Waals surface area contributed by atoms with Gasteiger partial charge >= 0.3 is 0 Å². The van der Waals surface area contributed by atoms with Crippen molar-refractivity contribution in [3.63, 3.8) is 0 Å². The van der Waals surface area contributed by atoms with E-state index in [1.165, 1.54) is 38.8 Å². The molecule has 1 heteroatoms. The van der Waals surface area contributed by atoms with Crippen molar-refractivity contribution in [2.45, 2.75) is 25.7 Å². The Balaban J connectivity index is 1.97. The Kier molecular flexibility index (Phi) is 1.69. The molecule has 2 atom stereocenters. The minimum atomic E-state index is 1.07. The summed E-state index contributed by atoms with van der Waals surface area (Å²) in [7, 11) is 2.26. The van der Waals surface area contributed by atoms with Gasteiger partial charge in [-0.3, -0.25) is 0 Å². The minimum absolute atomic E-state index is 1.07. The Labute approximate surface area is 63.4 Å². The molecule has 1 saturated heterocycles. The molecule has 0 aromatic rings. The average Bonchev–Trinajstić information content (AvgIpc) is 2.27. The number of hydrogen-bond donors (Lipinski definition) is 0. The standard InChI is InChI=1S/C9H17N/c1-10-6-8-4-2-3-5-9(8)7-10/h8-9H,2-7H2,1H3/t8-,9?/m1/s1. The maximum absolute atomic E-state index is 2.50. The monoisotopic (exact) mass is 139 g/mol. The molecule has 1 unspecified atom stereocenters. The zero-order chi connectivity index (χ0) is 6.97. The third-order valence-corrected chi connectivity index (χ3v) is 3.16. The van der Waals surface area contributed by atoms with E-state index >= 15 is 0 Å². The lowest BCUT2D eigenvalue weighted by molar-refractivity contribution is 0.299. The van der Waals surface area contributed by atoms with Crippen molar-refractivity contribution in [3.8, 4) is 0 Å². The first kappa shape index (κ1) is 6.66. The molecule has 0 spiro atoms. The summed E-state index contributed by atoms with van der Waals surface area (Å²) >= 11 is 0. The van der Waals surface area contributed by atoms with Gasteiger partial charge in [0.15, 0.2) is 0 Å². The minimum Gasteiger partial charge on any atom is -0.306 e. The lowest BCUT2D eigenvalue weighted by Crippen LogP contribution is -2.16. The van der Waals surface area contributed by atoms with Gasteiger partial charge in [0.2, 0.25) is 0 Å². The Morgan fingerprint density at radius 3 is 2.00 bits per heavy atom. The zero-order valence-corrected chi connectivity index (χ0v) is 6.84.